The van der Waals surface area contributed by atoms with E-state index < -0.39 is 15.9 Å². The molecule has 0 aliphatic heterocycles. The van der Waals surface area contributed by atoms with Crippen LogP contribution in [0.2, 0.25) is 0 Å². The zero-order valence-corrected chi connectivity index (χ0v) is 12.5. The van der Waals surface area contributed by atoms with Crippen LogP contribution in [0, 0.1) is 0 Å². The molecule has 2 rings (SSSR count). The fourth-order valence-corrected chi connectivity index (χ4v) is 3.29. The molecule has 1 amide bonds. The molecule has 0 aliphatic rings. The average Bonchev–Trinajstić information content (AvgIpc) is 2.83. The van der Waals surface area contributed by atoms with E-state index in [4.69, 9.17) is 5.73 Å². The minimum atomic E-state index is -3.65. The molecule has 0 radical (unpaired) electrons. The third-order valence-corrected chi connectivity index (χ3v) is 4.28. The molecular weight excluding hydrogens is 310 g/mol. The van der Waals surface area contributed by atoms with Gasteiger partial charge in [-0.15, -0.1) is 11.3 Å². The zero-order valence-electron chi connectivity index (χ0n) is 10.9. The lowest BCUT2D eigenvalue weighted by Gasteiger charge is -1.99. The summed E-state index contributed by atoms with van der Waals surface area (Å²) < 4.78 is 26.1. The fourth-order valence-electron chi connectivity index (χ4n) is 1.50. The number of anilines is 1. The molecule has 21 heavy (non-hydrogen) atoms. The van der Waals surface area contributed by atoms with Gasteiger partial charge in [0.15, 0.2) is 5.13 Å². The number of rotatable bonds is 6. The average molecular weight is 323 g/mol. The standard InChI is InChI=1S/C13H13N3O3S2/c14-12(17)8-11-9-20-13(15-11)16-21(18,19)7-6-10-4-2-1-3-5-10/h1-7,9H,8H2,(H2,14,17)(H,15,16). The number of nitrogens with zero attached hydrogens (tertiary/aromatic N) is 1. The van der Waals surface area contributed by atoms with Gasteiger partial charge in [-0.2, -0.15) is 0 Å². The highest BCUT2D eigenvalue weighted by Crippen LogP contribution is 2.17. The summed E-state index contributed by atoms with van der Waals surface area (Å²) in [7, 11) is -3.65. The van der Waals surface area contributed by atoms with Crippen LogP contribution in [-0.4, -0.2) is 19.3 Å². The monoisotopic (exact) mass is 323 g/mol. The minimum Gasteiger partial charge on any atom is -0.369 e. The van der Waals surface area contributed by atoms with Gasteiger partial charge in [-0.3, -0.25) is 9.52 Å². The number of nitrogens with two attached hydrogens (primary N) is 1. The Morgan fingerprint density at radius 1 is 1.33 bits per heavy atom. The molecule has 6 nitrogen and oxygen atoms in total. The van der Waals surface area contributed by atoms with E-state index in [2.05, 4.69) is 9.71 Å². The molecule has 0 fully saturated rings. The maximum atomic E-state index is 11.9. The van der Waals surface area contributed by atoms with E-state index in [1.54, 1.807) is 17.5 Å². The van der Waals surface area contributed by atoms with Crippen molar-refractivity contribution >= 4 is 38.5 Å². The second kappa shape index (κ2) is 6.51. The number of thiazole rings is 1. The summed E-state index contributed by atoms with van der Waals surface area (Å²) >= 11 is 1.10. The predicted octanol–water partition coefficient (Wildman–Crippen LogP) is 1.58. The molecule has 0 unspecified atom stereocenters. The number of carbonyl (C=O) groups excluding carboxylic acids is 1. The lowest BCUT2D eigenvalue weighted by molar-refractivity contribution is -0.117. The molecule has 0 saturated carbocycles. The van der Waals surface area contributed by atoms with Crippen molar-refractivity contribution in [3.63, 3.8) is 0 Å². The van der Waals surface area contributed by atoms with Crippen LogP contribution in [0.5, 0.6) is 0 Å². The van der Waals surface area contributed by atoms with Crippen LogP contribution in [0.1, 0.15) is 11.3 Å². The van der Waals surface area contributed by atoms with Crippen molar-refractivity contribution in [2.24, 2.45) is 5.73 Å². The van der Waals surface area contributed by atoms with Gasteiger partial charge in [0.2, 0.25) is 5.91 Å². The second-order valence-corrected chi connectivity index (χ2v) is 6.57. The van der Waals surface area contributed by atoms with Gasteiger partial charge in [-0.25, -0.2) is 13.4 Å². The molecule has 0 atom stereocenters. The number of amides is 1. The topological polar surface area (TPSA) is 102 Å². The van der Waals surface area contributed by atoms with E-state index in [1.165, 1.54) is 6.08 Å². The van der Waals surface area contributed by atoms with Crippen molar-refractivity contribution in [2.45, 2.75) is 6.42 Å². The molecular formula is C13H13N3O3S2. The molecule has 3 N–H and O–H groups in total. The van der Waals surface area contributed by atoms with Gasteiger partial charge in [-0.05, 0) is 11.6 Å². The first-order valence-corrected chi connectivity index (χ1v) is 8.36. The Balaban J connectivity index is 2.05. The lowest BCUT2D eigenvalue weighted by atomic mass is 10.2. The zero-order chi connectivity index (χ0) is 15.3. The Bertz CT molecular complexity index is 752. The highest BCUT2D eigenvalue weighted by atomic mass is 32.2. The lowest BCUT2D eigenvalue weighted by Crippen LogP contribution is -2.14. The van der Waals surface area contributed by atoms with Gasteiger partial charge in [0.05, 0.1) is 17.5 Å². The Morgan fingerprint density at radius 3 is 2.71 bits per heavy atom. The van der Waals surface area contributed by atoms with Gasteiger partial charge in [0.25, 0.3) is 10.0 Å². The summed E-state index contributed by atoms with van der Waals surface area (Å²) in [6.07, 6.45) is 1.47. The molecule has 1 aromatic carbocycles. The van der Waals surface area contributed by atoms with E-state index in [0.717, 1.165) is 22.3 Å². The quantitative estimate of drug-likeness (QED) is 0.842. The van der Waals surface area contributed by atoms with Gasteiger partial charge in [-0.1, -0.05) is 30.3 Å². The molecule has 0 bridgehead atoms. The first-order valence-electron chi connectivity index (χ1n) is 5.93. The Kier molecular flexibility index (Phi) is 4.71. The molecule has 1 heterocycles. The van der Waals surface area contributed by atoms with Gasteiger partial charge < -0.3 is 5.73 Å². The normalized spacial score (nSPS) is 11.6. The number of sulfonamides is 1. The number of nitrogens with one attached hydrogen (secondary N) is 1. The van der Waals surface area contributed by atoms with Gasteiger partial charge in [0, 0.05) is 5.38 Å². The van der Waals surface area contributed by atoms with Crippen molar-refractivity contribution in [3.05, 3.63) is 52.4 Å². The highest BCUT2D eigenvalue weighted by molar-refractivity contribution is 7.95. The summed E-state index contributed by atoms with van der Waals surface area (Å²) in [5, 5.41) is 2.85. The molecule has 0 aliphatic carbocycles. The SMILES string of the molecule is NC(=O)Cc1csc(NS(=O)(=O)C=Cc2ccccc2)n1. The van der Waals surface area contributed by atoms with E-state index in [9.17, 15) is 13.2 Å². The number of carbonyl (C=O) groups is 1. The molecule has 2 aromatic rings. The summed E-state index contributed by atoms with van der Waals surface area (Å²) in [4.78, 5) is 14.7. The largest absolute Gasteiger partial charge is 0.369 e. The van der Waals surface area contributed by atoms with Gasteiger partial charge >= 0.3 is 0 Å². The summed E-state index contributed by atoms with van der Waals surface area (Å²) in [6.45, 7) is 0. The van der Waals surface area contributed by atoms with Crippen molar-refractivity contribution in [2.75, 3.05) is 4.72 Å². The molecule has 1 aromatic heterocycles. The molecule has 0 saturated heterocycles. The predicted molar refractivity (Wildman–Crippen MR) is 83.0 cm³/mol. The maximum absolute atomic E-state index is 11.9. The van der Waals surface area contributed by atoms with E-state index in [0.29, 0.717) is 5.69 Å². The van der Waals surface area contributed by atoms with E-state index in [1.807, 2.05) is 18.2 Å². The number of primary amides is 1. The van der Waals surface area contributed by atoms with Crippen LogP contribution in [0.4, 0.5) is 5.13 Å². The van der Waals surface area contributed by atoms with Crippen LogP contribution in [0.3, 0.4) is 0 Å². The summed E-state index contributed by atoms with van der Waals surface area (Å²) in [5.74, 6) is -0.515. The third kappa shape index (κ3) is 5.01. The van der Waals surface area contributed by atoms with Crippen LogP contribution in [0.25, 0.3) is 6.08 Å². The van der Waals surface area contributed by atoms with Gasteiger partial charge in [0.1, 0.15) is 0 Å². The maximum Gasteiger partial charge on any atom is 0.256 e. The fraction of sp³-hybridized carbons (Fsp3) is 0.0769. The van der Waals surface area contributed by atoms with Crippen LogP contribution in [0.15, 0.2) is 41.1 Å². The van der Waals surface area contributed by atoms with Crippen LogP contribution < -0.4 is 10.5 Å². The summed E-state index contributed by atoms with van der Waals surface area (Å²) in [5.41, 5.74) is 6.27. The highest BCUT2D eigenvalue weighted by Gasteiger charge is 2.10. The number of aromatic nitrogens is 1. The second-order valence-electron chi connectivity index (χ2n) is 4.15. The Labute approximate surface area is 126 Å². The van der Waals surface area contributed by atoms with Crippen LogP contribution in [-0.2, 0) is 21.2 Å². The first kappa shape index (κ1) is 15.2. The molecule has 8 heteroatoms. The molecule has 0 spiro atoms. The van der Waals surface area contributed by atoms with Crippen molar-refractivity contribution in [1.29, 1.82) is 0 Å². The Hall–Kier alpha value is -2.19. The van der Waals surface area contributed by atoms with Crippen LogP contribution >= 0.6 is 11.3 Å². The number of benzene rings is 1. The van der Waals surface area contributed by atoms with Crippen molar-refractivity contribution < 1.29 is 13.2 Å². The number of hydrogen-bond donors (Lipinski definition) is 2. The number of hydrogen-bond acceptors (Lipinski definition) is 5. The minimum absolute atomic E-state index is 0.0158. The first-order chi connectivity index (χ1) is 9.94. The molecule has 110 valence electrons. The summed E-state index contributed by atoms with van der Waals surface area (Å²) in [6, 6.07) is 9.06. The van der Waals surface area contributed by atoms with E-state index in [-0.39, 0.29) is 11.6 Å². The smallest absolute Gasteiger partial charge is 0.256 e. The van der Waals surface area contributed by atoms with E-state index >= 15 is 0 Å². The van der Waals surface area contributed by atoms with Crippen molar-refractivity contribution in [3.8, 4) is 0 Å². The van der Waals surface area contributed by atoms with Crippen molar-refractivity contribution in [1.82, 2.24) is 4.98 Å². The third-order valence-electron chi connectivity index (χ3n) is 2.38. The Morgan fingerprint density at radius 2 is 2.05 bits per heavy atom.